The van der Waals surface area contributed by atoms with Gasteiger partial charge < -0.3 is 98.8 Å². The van der Waals surface area contributed by atoms with E-state index in [1.165, 1.54) is 0 Å². The molecule has 0 aliphatic carbocycles. The first-order valence-corrected chi connectivity index (χ1v) is 72.5. The average molecular weight is 1820 g/mol. The van der Waals surface area contributed by atoms with Gasteiger partial charge in [0.05, 0.1) is 0 Å². The lowest BCUT2D eigenvalue weighted by Gasteiger charge is -2.64. The van der Waals surface area contributed by atoms with E-state index in [-0.39, 0.29) is 82.9 Å². The van der Waals surface area contributed by atoms with Crippen LogP contribution in [0.25, 0.3) is 0 Å². The first-order valence-electron chi connectivity index (χ1n) is 41.2. The Morgan fingerprint density at radius 1 is 0.165 bits per heavy atom. The summed E-state index contributed by atoms with van der Waals surface area (Å²) in [5.41, 5.74) is 0. The van der Waals surface area contributed by atoms with Gasteiger partial charge in [-0.1, -0.05) is 230 Å². The summed E-state index contributed by atoms with van der Waals surface area (Å²) in [6.45, 7) is 60.8. The van der Waals surface area contributed by atoms with Crippen molar-refractivity contribution in [3.05, 3.63) is 48.5 Å². The lowest BCUT2D eigenvalue weighted by molar-refractivity contribution is -0.0364. The van der Waals surface area contributed by atoms with E-state index in [1.54, 1.807) is 11.8 Å². The Morgan fingerprint density at radius 2 is 0.266 bits per heavy atom. The van der Waals surface area contributed by atoms with Gasteiger partial charge in [-0.2, -0.15) is 0 Å². The third-order valence-corrected chi connectivity index (χ3v) is 99.4. The van der Waals surface area contributed by atoms with Crippen LogP contribution < -0.4 is 10.4 Å². The first-order chi connectivity index (χ1) is 50.5. The Balaban J connectivity index is 1.02. The molecule has 2 aromatic rings. The van der Waals surface area contributed by atoms with E-state index in [4.69, 9.17) is 98.8 Å². The summed E-state index contributed by atoms with van der Waals surface area (Å²) in [4.78, 5) is 1.86. The summed E-state index contributed by atoms with van der Waals surface area (Å²) in [6, 6.07) is 22.3. The van der Waals surface area contributed by atoms with Gasteiger partial charge in [0.15, 0.2) is 0 Å². The lowest BCUT2D eigenvalue weighted by Crippen LogP contribution is -2.90. The van der Waals surface area contributed by atoms with Gasteiger partial charge in [-0.15, -0.1) is 0 Å². The molecule has 12 fully saturated rings. The van der Waals surface area contributed by atoms with Gasteiger partial charge in [-0.05, 0) is 107 Å². The van der Waals surface area contributed by atoms with Crippen molar-refractivity contribution in [2.45, 2.75) is 288 Å². The molecule has 0 aromatic heterocycles. The van der Waals surface area contributed by atoms with E-state index in [0.29, 0.717) is 95.0 Å². The zero-order chi connectivity index (χ0) is 79.6. The van der Waals surface area contributed by atoms with Crippen LogP contribution in [-0.4, -0.2) is 141 Å². The number of hydrogen-bond donors (Lipinski definition) is 0. The van der Waals surface area contributed by atoms with Gasteiger partial charge in [-0.25, -0.2) is 0 Å². The molecule has 2 aromatic carbocycles. The molecule has 12 saturated heterocycles. The zero-order valence-corrected chi connectivity index (χ0v) is 87.6. The second kappa shape index (κ2) is 32.6. The summed E-state index contributed by atoms with van der Waals surface area (Å²) in [6.07, 6.45) is 0. The average Bonchev–Trinajstić information content (AvgIpc) is 0.686. The molecule has 0 amide bonds. The maximum absolute atomic E-state index is 8.24. The molecule has 109 heavy (non-hydrogen) atoms. The van der Waals surface area contributed by atoms with E-state index >= 15 is 0 Å². The smallest absolute Gasteiger partial charge is 0.373 e. The predicted molar refractivity (Wildman–Crippen MR) is 449 cm³/mol. The minimum Gasteiger partial charge on any atom is -0.373 e. The molecule has 12 aliphatic heterocycles. The maximum atomic E-state index is 8.24. The molecule has 12 aliphatic rings. The summed E-state index contributed by atoms with van der Waals surface area (Å²) < 4.78 is 195. The summed E-state index contributed by atoms with van der Waals surface area (Å²) in [7, 11) is -67.7. The van der Waals surface area contributed by atoms with Crippen molar-refractivity contribution in [1.82, 2.24) is 0 Å². The minimum absolute atomic E-state index is 0.00287. The quantitative estimate of drug-likeness (QED) is 0.0621. The van der Waals surface area contributed by atoms with Crippen LogP contribution in [0.4, 0.5) is 0 Å². The normalized spacial score (nSPS) is 40.6. The molecule has 0 radical (unpaired) electrons. The van der Waals surface area contributed by atoms with Crippen molar-refractivity contribution in [3.8, 4) is 0 Å². The van der Waals surface area contributed by atoms with Gasteiger partial charge in [0.1, 0.15) is 0 Å². The summed E-state index contributed by atoms with van der Waals surface area (Å²) in [5, 5.41) is 1.35. The molecule has 620 valence electrons. The van der Waals surface area contributed by atoms with Crippen LogP contribution in [0.1, 0.15) is 194 Å². The van der Waals surface area contributed by atoms with Gasteiger partial charge in [-0.3, -0.25) is 0 Å². The molecular weight excluding hydrogens is 1680 g/mol. The Morgan fingerprint density at radius 3 is 0.367 bits per heavy atom. The third kappa shape index (κ3) is 19.9. The van der Waals surface area contributed by atoms with Crippen LogP contribution in [0.2, 0.25) is 84.6 Å². The molecule has 16 bridgehead atoms. The fourth-order valence-corrected chi connectivity index (χ4v) is 120. The fraction of sp³-hybridized carbons (Fsp3) is 0.824. The molecule has 0 N–H and O–H groups in total. The molecule has 0 spiro atoms. The Labute approximate surface area is 676 Å². The highest BCUT2D eigenvalue weighted by Crippen LogP contribution is 2.59. The number of rotatable bonds is 32. The van der Waals surface area contributed by atoms with Gasteiger partial charge >= 0.3 is 141 Å². The van der Waals surface area contributed by atoms with Crippen LogP contribution in [0.15, 0.2) is 58.3 Å². The first kappa shape index (κ1) is 89.6. The van der Waals surface area contributed by atoms with Crippen molar-refractivity contribution < 1.29 is 98.8 Å². The lowest BCUT2D eigenvalue weighted by atomic mass is 10.3. The number of hydrogen-bond acceptors (Lipinski definition) is 25. The molecule has 24 nitrogen and oxygen atoms in total. The highest BCUT2D eigenvalue weighted by molar-refractivity contribution is 7.99. The van der Waals surface area contributed by atoms with Gasteiger partial charge in [0, 0.05) is 105 Å². The third-order valence-electron chi connectivity index (χ3n) is 19.2. The second-order valence-corrected chi connectivity index (χ2v) is 87.6. The SMILES string of the molecule is CC(C)C[Si]12O[Si]3(CC(C)C)O[Si]4(CC(C)C)O[Si](CC(C)C)(O1)O[Si]1(CC(C)C)O[Si](CC(C)C)(O2)O[Si](CC(C)C)(O3)O[Si](c2ccc(Sc3ccc([Si]56O[Si]7(CC(C)C)O[Si]8(CC(C)C)O[Si]9(CC(C)C)O[Si](CC(C)C)(O7)O[Si](CC(C)C)(O[Si](CC(C)C)(O9)O[Si](CC(C)C)(O8)O5)O6)cc3)cc2)(O4)O1. The zero-order valence-electron chi connectivity index (χ0n) is 70.8. The molecule has 0 atom stereocenters. The van der Waals surface area contributed by atoms with E-state index in [9.17, 15) is 0 Å². The standard InChI is InChI=1S/C68H134O24SSi16/c1-51(2)37-94-69-96(39-53(5)6)75-102(45-59(17)18)77-97(70-94,40-54(7)8)79-104(47-61(21)22)80-98(71-94,41-55(9)10)78-103(76-96,46-60(19)20)88-108(87-102,89-104)67-33-29-65(30-34-67)93-66-31-35-68(36-32-66)109-90-105(48-62(23)24)81-99(42-56(11)12)72-95(38-52(3)4)73-100(83-105,43-57(13)14)85-107(92-109,50-64(27)28)86-101(74-95,44-58(15)16)84-106(82-99,91-109)49-63(25)26/h29-36,51-64H,37-50H2,1-28H3. The topological polar surface area (TPSA) is 222 Å². The molecular formula is C68H134O24SSi16. The van der Waals surface area contributed by atoms with Crippen molar-refractivity contribution in [2.24, 2.45) is 82.9 Å². The Kier molecular flexibility index (Phi) is 26.8. The number of benzene rings is 2. The van der Waals surface area contributed by atoms with Crippen molar-refractivity contribution in [3.63, 3.8) is 0 Å². The second-order valence-electron chi connectivity index (χ2n) is 38.6. The van der Waals surface area contributed by atoms with Crippen LogP contribution in [-0.2, 0) is 98.8 Å². The van der Waals surface area contributed by atoms with Crippen molar-refractivity contribution in [1.29, 1.82) is 0 Å². The molecule has 0 saturated carbocycles. The van der Waals surface area contributed by atoms with Crippen LogP contribution in [0.5, 0.6) is 0 Å². The Hall–Kier alpha value is 1.30. The highest BCUT2D eigenvalue weighted by Gasteiger charge is 2.87. The Bertz CT molecular complexity index is 2940. The largest absolute Gasteiger partial charge is 0.515 e. The van der Waals surface area contributed by atoms with Crippen LogP contribution in [0.3, 0.4) is 0 Å². The molecule has 0 unspecified atom stereocenters. The van der Waals surface area contributed by atoms with E-state index < -0.39 is 141 Å². The fourth-order valence-electron chi connectivity index (χ4n) is 17.2. The van der Waals surface area contributed by atoms with E-state index in [0.717, 1.165) is 9.79 Å². The molecule has 14 rings (SSSR count). The summed E-state index contributed by atoms with van der Waals surface area (Å²) >= 11 is 1.60. The predicted octanol–water partition coefficient (Wildman–Crippen LogP) is 17.0. The minimum atomic E-state index is -4.57. The maximum Gasteiger partial charge on any atom is 0.515 e. The van der Waals surface area contributed by atoms with Crippen molar-refractivity contribution >= 4 is 163 Å². The highest BCUT2D eigenvalue weighted by atomic mass is 32.2. The van der Waals surface area contributed by atoms with Crippen molar-refractivity contribution in [2.75, 3.05) is 0 Å². The van der Waals surface area contributed by atoms with Crippen LogP contribution in [0, 0.1) is 82.9 Å². The van der Waals surface area contributed by atoms with Gasteiger partial charge in [0.2, 0.25) is 0 Å². The van der Waals surface area contributed by atoms with E-state index in [1.807, 2.05) is 0 Å². The summed E-state index contributed by atoms with van der Waals surface area (Å²) in [5.74, 6) is 0.311. The van der Waals surface area contributed by atoms with E-state index in [2.05, 4.69) is 242 Å². The molecule has 12 heterocycles. The van der Waals surface area contributed by atoms with Gasteiger partial charge in [0.25, 0.3) is 0 Å². The van der Waals surface area contributed by atoms with Crippen LogP contribution >= 0.6 is 11.8 Å². The monoisotopic (exact) mass is 1810 g/mol. The molecule has 41 heteroatoms.